The third-order valence-corrected chi connectivity index (χ3v) is 5.60. The second-order valence-corrected chi connectivity index (χ2v) is 7.84. The first-order valence-electron chi connectivity index (χ1n) is 11.0. The lowest BCUT2D eigenvalue weighted by Crippen LogP contribution is -2.18. The van der Waals surface area contributed by atoms with Crippen molar-refractivity contribution in [1.82, 2.24) is 9.97 Å². The number of aromatic nitrogens is 2. The van der Waals surface area contributed by atoms with Gasteiger partial charge in [-0.25, -0.2) is 9.97 Å². The lowest BCUT2D eigenvalue weighted by atomic mass is 9.89. The van der Waals surface area contributed by atoms with Crippen molar-refractivity contribution in [3.8, 4) is 34.1 Å². The highest BCUT2D eigenvalue weighted by atomic mass is 16.5. The minimum Gasteiger partial charge on any atom is -0.490 e. The Morgan fingerprint density at radius 3 is 2.50 bits per heavy atom. The molecule has 6 nitrogen and oxygen atoms in total. The molecular weight excluding hydrogens is 404 g/mol. The third-order valence-electron chi connectivity index (χ3n) is 5.60. The number of benzene rings is 2. The summed E-state index contributed by atoms with van der Waals surface area (Å²) in [6.07, 6.45) is 2.32. The molecule has 1 unspecified atom stereocenters. The van der Waals surface area contributed by atoms with Gasteiger partial charge in [0.2, 0.25) is 0 Å². The summed E-state index contributed by atoms with van der Waals surface area (Å²) in [7, 11) is 1.42. The maximum Gasteiger partial charge on any atom is 0.313 e. The first-order chi connectivity index (χ1) is 15.6. The van der Waals surface area contributed by atoms with Gasteiger partial charge in [-0.1, -0.05) is 43.7 Å². The molecule has 0 spiro atoms. The molecule has 2 heterocycles. The van der Waals surface area contributed by atoms with Gasteiger partial charge in [0.05, 0.1) is 31.9 Å². The number of methoxy groups -OCH3 is 1. The van der Waals surface area contributed by atoms with E-state index in [1.54, 1.807) is 0 Å². The Balaban J connectivity index is 1.92. The molecule has 0 bridgehead atoms. The van der Waals surface area contributed by atoms with E-state index in [1.165, 1.54) is 7.11 Å². The molecule has 32 heavy (non-hydrogen) atoms. The van der Waals surface area contributed by atoms with Gasteiger partial charge in [-0.3, -0.25) is 4.79 Å². The van der Waals surface area contributed by atoms with Crippen molar-refractivity contribution in [1.29, 1.82) is 0 Å². The van der Waals surface area contributed by atoms with Gasteiger partial charge in [-0.05, 0) is 31.5 Å². The maximum absolute atomic E-state index is 12.7. The zero-order chi connectivity index (χ0) is 22.5. The monoisotopic (exact) mass is 432 g/mol. The van der Waals surface area contributed by atoms with E-state index in [0.29, 0.717) is 31.2 Å². The number of rotatable bonds is 6. The Kier molecular flexibility index (Phi) is 6.69. The lowest BCUT2D eigenvalue weighted by Gasteiger charge is -2.21. The number of fused-ring (bicyclic) bond motifs is 1. The zero-order valence-electron chi connectivity index (χ0n) is 18.8. The van der Waals surface area contributed by atoms with Crippen LogP contribution in [0.4, 0.5) is 0 Å². The summed E-state index contributed by atoms with van der Waals surface area (Å²) in [5.41, 5.74) is 4.06. The largest absolute Gasteiger partial charge is 0.490 e. The van der Waals surface area contributed by atoms with E-state index in [4.69, 9.17) is 24.2 Å². The number of carbonyl (C=O) groups excluding carboxylic acids is 1. The smallest absolute Gasteiger partial charge is 0.313 e. The first kappa shape index (κ1) is 21.8. The van der Waals surface area contributed by atoms with Crippen LogP contribution in [0.5, 0.6) is 11.5 Å². The molecule has 0 saturated carbocycles. The van der Waals surface area contributed by atoms with Crippen LogP contribution >= 0.6 is 0 Å². The van der Waals surface area contributed by atoms with E-state index in [0.717, 1.165) is 46.7 Å². The normalized spacial score (nSPS) is 13.8. The van der Waals surface area contributed by atoms with E-state index < -0.39 is 5.92 Å². The lowest BCUT2D eigenvalue weighted by molar-refractivity contribution is -0.142. The fourth-order valence-corrected chi connectivity index (χ4v) is 4.06. The summed E-state index contributed by atoms with van der Waals surface area (Å²) in [5.74, 6) is 1.31. The highest BCUT2D eigenvalue weighted by Gasteiger charge is 2.28. The van der Waals surface area contributed by atoms with Crippen molar-refractivity contribution in [2.24, 2.45) is 0 Å². The average molecular weight is 433 g/mol. The van der Waals surface area contributed by atoms with Gasteiger partial charge >= 0.3 is 5.97 Å². The molecule has 6 heteroatoms. The van der Waals surface area contributed by atoms with Gasteiger partial charge in [-0.15, -0.1) is 0 Å². The molecule has 166 valence electrons. The molecule has 0 amide bonds. The Hall–Kier alpha value is -3.41. The summed E-state index contributed by atoms with van der Waals surface area (Å²) in [6.45, 7) is 5.21. The van der Waals surface area contributed by atoms with E-state index in [1.807, 2.05) is 55.5 Å². The van der Waals surface area contributed by atoms with Crippen LogP contribution in [0.25, 0.3) is 22.6 Å². The molecule has 3 aromatic rings. The molecule has 0 saturated heterocycles. The molecule has 2 aromatic carbocycles. The summed E-state index contributed by atoms with van der Waals surface area (Å²) in [4.78, 5) is 22.5. The van der Waals surface area contributed by atoms with Crippen molar-refractivity contribution in [2.45, 2.75) is 39.0 Å². The molecule has 1 aliphatic rings. The molecule has 0 N–H and O–H groups in total. The summed E-state index contributed by atoms with van der Waals surface area (Å²) in [6, 6.07) is 15.7. The van der Waals surface area contributed by atoms with Crippen molar-refractivity contribution in [3.05, 3.63) is 59.8 Å². The van der Waals surface area contributed by atoms with E-state index in [-0.39, 0.29) is 5.97 Å². The standard InChI is InChI=1S/C26H28N2O4/c1-4-9-20(26(29)30-3)23-17(2)27-25(18-10-6-5-7-11-18)28-24(23)19-12-13-21-22(16-19)32-15-8-14-31-21/h5-7,10-13,16,20H,4,8-9,14-15H2,1-3H3. The molecule has 0 fully saturated rings. The average Bonchev–Trinajstić information content (AvgIpc) is 3.07. The number of hydrogen-bond acceptors (Lipinski definition) is 6. The second kappa shape index (κ2) is 9.81. The van der Waals surface area contributed by atoms with Crippen LogP contribution in [0.2, 0.25) is 0 Å². The maximum atomic E-state index is 12.7. The van der Waals surface area contributed by atoms with Crippen LogP contribution < -0.4 is 9.47 Å². The van der Waals surface area contributed by atoms with Crippen molar-refractivity contribution in [3.63, 3.8) is 0 Å². The predicted octanol–water partition coefficient (Wildman–Crippen LogP) is 5.34. The van der Waals surface area contributed by atoms with E-state index in [2.05, 4.69) is 6.92 Å². The second-order valence-electron chi connectivity index (χ2n) is 7.84. The molecule has 1 aliphatic heterocycles. The quantitative estimate of drug-likeness (QED) is 0.490. The van der Waals surface area contributed by atoms with Gasteiger partial charge in [-0.2, -0.15) is 0 Å². The van der Waals surface area contributed by atoms with Crippen molar-refractivity contribution in [2.75, 3.05) is 20.3 Å². The molecular formula is C26H28N2O4. The number of ether oxygens (including phenoxy) is 3. The summed E-state index contributed by atoms with van der Waals surface area (Å²) in [5, 5.41) is 0. The molecule has 0 radical (unpaired) electrons. The minimum absolute atomic E-state index is 0.276. The van der Waals surface area contributed by atoms with E-state index in [9.17, 15) is 4.79 Å². The number of esters is 1. The highest BCUT2D eigenvalue weighted by molar-refractivity contribution is 5.83. The molecule has 1 atom stereocenters. The van der Waals surface area contributed by atoms with E-state index >= 15 is 0 Å². The summed E-state index contributed by atoms with van der Waals surface area (Å²) >= 11 is 0. The Morgan fingerprint density at radius 1 is 1.03 bits per heavy atom. The zero-order valence-corrected chi connectivity index (χ0v) is 18.8. The Morgan fingerprint density at radius 2 is 1.78 bits per heavy atom. The Bertz CT molecular complexity index is 1100. The number of hydrogen-bond donors (Lipinski definition) is 0. The third kappa shape index (κ3) is 4.44. The van der Waals surface area contributed by atoms with Gasteiger partial charge in [0, 0.05) is 28.8 Å². The Labute approximate surface area is 188 Å². The highest BCUT2D eigenvalue weighted by Crippen LogP contribution is 2.39. The minimum atomic E-state index is -0.444. The SMILES string of the molecule is CCCC(C(=O)OC)c1c(C)nc(-c2ccccc2)nc1-c1ccc2c(c1)OCCCO2. The van der Waals surface area contributed by atoms with Crippen LogP contribution in [0.1, 0.15) is 43.4 Å². The van der Waals surface area contributed by atoms with Crippen molar-refractivity contribution < 1.29 is 19.0 Å². The van der Waals surface area contributed by atoms with Gasteiger partial charge in [0.1, 0.15) is 0 Å². The van der Waals surface area contributed by atoms with Crippen LogP contribution in [0, 0.1) is 6.92 Å². The van der Waals surface area contributed by atoms with Gasteiger partial charge < -0.3 is 14.2 Å². The first-order valence-corrected chi connectivity index (χ1v) is 11.0. The van der Waals surface area contributed by atoms with Gasteiger partial charge in [0.25, 0.3) is 0 Å². The van der Waals surface area contributed by atoms with Crippen LogP contribution in [-0.4, -0.2) is 36.3 Å². The predicted molar refractivity (Wildman–Crippen MR) is 123 cm³/mol. The number of aryl methyl sites for hydroxylation is 1. The topological polar surface area (TPSA) is 70.5 Å². The fourth-order valence-electron chi connectivity index (χ4n) is 4.06. The van der Waals surface area contributed by atoms with Gasteiger partial charge in [0.15, 0.2) is 17.3 Å². The number of nitrogens with zero attached hydrogens (tertiary/aromatic N) is 2. The fraction of sp³-hybridized carbons (Fsp3) is 0.346. The van der Waals surface area contributed by atoms with Crippen LogP contribution in [0.3, 0.4) is 0 Å². The molecule has 4 rings (SSSR count). The molecule has 1 aromatic heterocycles. The summed E-state index contributed by atoms with van der Waals surface area (Å²) < 4.78 is 16.9. The van der Waals surface area contributed by atoms with Crippen LogP contribution in [0.15, 0.2) is 48.5 Å². The molecule has 0 aliphatic carbocycles. The van der Waals surface area contributed by atoms with Crippen LogP contribution in [-0.2, 0) is 9.53 Å². The number of carbonyl (C=O) groups is 1. The van der Waals surface area contributed by atoms with Crippen molar-refractivity contribution >= 4 is 5.97 Å².